The Morgan fingerprint density at radius 2 is 1.58 bits per heavy atom. The third kappa shape index (κ3) is 2.42. The summed E-state index contributed by atoms with van der Waals surface area (Å²) >= 11 is 0. The molecule has 0 atom stereocenters. The molecule has 0 radical (unpaired) electrons. The van der Waals surface area contributed by atoms with Crippen LogP contribution in [-0.4, -0.2) is 5.78 Å². The molecule has 0 unspecified atom stereocenters. The van der Waals surface area contributed by atoms with Gasteiger partial charge in [0, 0.05) is 6.07 Å². The number of anilines is 1. The van der Waals surface area contributed by atoms with Crippen molar-refractivity contribution in [3.8, 4) is 0 Å². The number of hydrogen-bond acceptors (Lipinski definition) is 2. The van der Waals surface area contributed by atoms with Crippen molar-refractivity contribution >= 4 is 11.5 Å². The van der Waals surface area contributed by atoms with Crippen LogP contribution in [0.2, 0.25) is 0 Å². The average molecular weight is 269 g/mol. The van der Waals surface area contributed by atoms with E-state index in [4.69, 9.17) is 5.73 Å². The molecule has 2 nitrogen and oxygen atoms in total. The fraction of sp³-hybridized carbons (Fsp3) is 0. The highest BCUT2D eigenvalue weighted by Gasteiger charge is 2.20. The second-order valence-corrected chi connectivity index (χ2v) is 3.81. The van der Waals surface area contributed by atoms with Gasteiger partial charge in [-0.1, -0.05) is 0 Å². The van der Waals surface area contributed by atoms with Crippen LogP contribution in [0.15, 0.2) is 30.3 Å². The Bertz CT molecular complexity index is 670. The quantitative estimate of drug-likeness (QED) is 0.517. The van der Waals surface area contributed by atoms with E-state index in [9.17, 15) is 22.4 Å². The molecule has 98 valence electrons. The number of hydrogen-bond donors (Lipinski definition) is 1. The third-order valence-electron chi connectivity index (χ3n) is 2.49. The first-order valence-electron chi connectivity index (χ1n) is 5.14. The van der Waals surface area contributed by atoms with Crippen LogP contribution in [0.4, 0.5) is 23.2 Å². The highest BCUT2D eigenvalue weighted by Crippen LogP contribution is 2.22. The lowest BCUT2D eigenvalue weighted by molar-refractivity contribution is 0.103. The normalized spacial score (nSPS) is 10.5. The molecule has 0 fully saturated rings. The fourth-order valence-electron chi connectivity index (χ4n) is 1.59. The van der Waals surface area contributed by atoms with Crippen molar-refractivity contribution in [2.24, 2.45) is 0 Å². The Balaban J connectivity index is 2.56. The highest BCUT2D eigenvalue weighted by molar-refractivity contribution is 6.09. The monoisotopic (exact) mass is 269 g/mol. The van der Waals surface area contributed by atoms with Crippen molar-refractivity contribution < 1.29 is 22.4 Å². The summed E-state index contributed by atoms with van der Waals surface area (Å²) in [5.41, 5.74) is 3.34. The van der Waals surface area contributed by atoms with Gasteiger partial charge in [-0.2, -0.15) is 0 Å². The summed E-state index contributed by atoms with van der Waals surface area (Å²) in [6.45, 7) is 0. The lowest BCUT2D eigenvalue weighted by Gasteiger charge is -2.06. The summed E-state index contributed by atoms with van der Waals surface area (Å²) in [4.78, 5) is 11.9. The number of nitrogen functional groups attached to an aromatic ring is 1. The number of benzene rings is 2. The maximum absolute atomic E-state index is 13.6. The van der Waals surface area contributed by atoms with Gasteiger partial charge in [-0.3, -0.25) is 4.79 Å². The van der Waals surface area contributed by atoms with Gasteiger partial charge in [0.25, 0.3) is 0 Å². The molecular formula is C13H7F4NO. The van der Waals surface area contributed by atoms with Crippen molar-refractivity contribution in [3.05, 3.63) is 64.7 Å². The molecule has 2 aromatic rings. The van der Waals surface area contributed by atoms with Gasteiger partial charge in [-0.15, -0.1) is 0 Å². The Morgan fingerprint density at radius 3 is 2.21 bits per heavy atom. The first kappa shape index (κ1) is 13.1. The Kier molecular flexibility index (Phi) is 3.25. The summed E-state index contributed by atoms with van der Waals surface area (Å²) in [5.74, 6) is -5.22. The first-order chi connectivity index (χ1) is 8.90. The minimum absolute atomic E-state index is 0.480. The van der Waals surface area contributed by atoms with Crippen LogP contribution < -0.4 is 5.73 Å². The van der Waals surface area contributed by atoms with Gasteiger partial charge in [-0.25, -0.2) is 17.6 Å². The lowest BCUT2D eigenvalue weighted by Crippen LogP contribution is -2.09. The summed E-state index contributed by atoms with van der Waals surface area (Å²) in [5, 5.41) is 0. The van der Waals surface area contributed by atoms with Crippen LogP contribution in [0.3, 0.4) is 0 Å². The highest BCUT2D eigenvalue weighted by atomic mass is 19.1. The van der Waals surface area contributed by atoms with E-state index in [-0.39, 0.29) is 0 Å². The van der Waals surface area contributed by atoms with Gasteiger partial charge in [-0.05, 0) is 24.3 Å². The number of halogens is 4. The second-order valence-electron chi connectivity index (χ2n) is 3.81. The van der Waals surface area contributed by atoms with Gasteiger partial charge in [0.2, 0.25) is 0 Å². The van der Waals surface area contributed by atoms with Gasteiger partial charge in [0.15, 0.2) is 11.6 Å². The maximum Gasteiger partial charge on any atom is 0.199 e. The standard InChI is InChI=1S/C13H7F4NO/c14-6-1-2-8(10(16)4-6)13(19)9-3-7(15)5-11(18)12(9)17/h1-5H,18H2. The molecule has 0 saturated heterocycles. The van der Waals surface area contributed by atoms with Gasteiger partial charge < -0.3 is 5.73 Å². The number of nitrogens with two attached hydrogens (primary N) is 1. The number of rotatable bonds is 2. The molecule has 2 aromatic carbocycles. The summed E-state index contributed by atoms with van der Waals surface area (Å²) < 4.78 is 52.8. The largest absolute Gasteiger partial charge is 0.396 e. The van der Waals surface area contributed by atoms with E-state index in [2.05, 4.69) is 0 Å². The van der Waals surface area contributed by atoms with E-state index < -0.39 is 45.9 Å². The van der Waals surface area contributed by atoms with Crippen LogP contribution in [-0.2, 0) is 0 Å². The molecule has 6 heteroatoms. The second kappa shape index (κ2) is 4.72. The lowest BCUT2D eigenvalue weighted by atomic mass is 10.0. The molecule has 0 heterocycles. The third-order valence-corrected chi connectivity index (χ3v) is 2.49. The predicted octanol–water partition coefficient (Wildman–Crippen LogP) is 3.06. The van der Waals surface area contributed by atoms with Gasteiger partial charge in [0.1, 0.15) is 17.5 Å². The topological polar surface area (TPSA) is 43.1 Å². The van der Waals surface area contributed by atoms with Crippen LogP contribution >= 0.6 is 0 Å². The van der Waals surface area contributed by atoms with Crippen molar-refractivity contribution in [3.63, 3.8) is 0 Å². The Morgan fingerprint density at radius 1 is 0.895 bits per heavy atom. The van der Waals surface area contributed by atoms with Gasteiger partial charge >= 0.3 is 0 Å². The molecule has 2 rings (SSSR count). The average Bonchev–Trinajstić information content (AvgIpc) is 2.33. The minimum Gasteiger partial charge on any atom is -0.396 e. The van der Waals surface area contributed by atoms with Crippen molar-refractivity contribution in [1.29, 1.82) is 0 Å². The van der Waals surface area contributed by atoms with Crippen LogP contribution in [0.25, 0.3) is 0 Å². The maximum atomic E-state index is 13.6. The van der Waals surface area contributed by atoms with E-state index in [1.807, 2.05) is 0 Å². The molecule has 0 amide bonds. The molecular weight excluding hydrogens is 262 g/mol. The van der Waals surface area contributed by atoms with Crippen LogP contribution in [0.1, 0.15) is 15.9 Å². The zero-order valence-electron chi connectivity index (χ0n) is 9.38. The van der Waals surface area contributed by atoms with E-state index in [1.165, 1.54) is 0 Å². The summed E-state index contributed by atoms with van der Waals surface area (Å²) in [6, 6.07) is 3.49. The number of carbonyl (C=O) groups excluding carboxylic acids is 1. The number of ketones is 1. The van der Waals surface area contributed by atoms with E-state index in [0.29, 0.717) is 18.2 Å². The fourth-order valence-corrected chi connectivity index (χ4v) is 1.59. The molecule has 0 aliphatic heterocycles. The van der Waals surface area contributed by atoms with Crippen molar-refractivity contribution in [2.45, 2.75) is 0 Å². The predicted molar refractivity (Wildman–Crippen MR) is 60.6 cm³/mol. The van der Waals surface area contributed by atoms with Crippen molar-refractivity contribution in [1.82, 2.24) is 0 Å². The summed E-state index contributed by atoms with van der Waals surface area (Å²) in [7, 11) is 0. The molecule has 0 spiro atoms. The van der Waals surface area contributed by atoms with Crippen molar-refractivity contribution in [2.75, 3.05) is 5.73 Å². The van der Waals surface area contributed by atoms with E-state index in [1.54, 1.807) is 0 Å². The van der Waals surface area contributed by atoms with Crippen LogP contribution in [0.5, 0.6) is 0 Å². The van der Waals surface area contributed by atoms with E-state index >= 15 is 0 Å². The molecule has 19 heavy (non-hydrogen) atoms. The number of carbonyl (C=O) groups is 1. The molecule has 0 aliphatic carbocycles. The zero-order valence-corrected chi connectivity index (χ0v) is 9.38. The molecule has 0 bridgehead atoms. The van der Waals surface area contributed by atoms with E-state index in [0.717, 1.165) is 12.1 Å². The smallest absolute Gasteiger partial charge is 0.199 e. The van der Waals surface area contributed by atoms with Crippen LogP contribution in [0, 0.1) is 23.3 Å². The Hall–Kier alpha value is -2.37. The molecule has 2 N–H and O–H groups in total. The molecule has 0 saturated carbocycles. The molecule has 0 aromatic heterocycles. The SMILES string of the molecule is Nc1cc(F)cc(C(=O)c2ccc(F)cc2F)c1F. The first-order valence-corrected chi connectivity index (χ1v) is 5.14. The molecule has 0 aliphatic rings. The minimum atomic E-state index is -1.16. The zero-order chi connectivity index (χ0) is 14.2. The van der Waals surface area contributed by atoms with Gasteiger partial charge in [0.05, 0.1) is 16.8 Å². The summed E-state index contributed by atoms with van der Waals surface area (Å²) in [6.07, 6.45) is 0. The Labute approximate surface area is 105 Å².